The van der Waals surface area contributed by atoms with Crippen molar-refractivity contribution in [2.45, 2.75) is 25.4 Å². The van der Waals surface area contributed by atoms with Gasteiger partial charge in [0.25, 0.3) is 0 Å². The number of amides is 2. The molecule has 1 fully saturated rings. The Morgan fingerprint density at radius 3 is 2.38 bits per heavy atom. The number of urea groups is 1. The number of carbonyl (C=O) groups excluding carboxylic acids is 1. The first-order valence-electron chi connectivity index (χ1n) is 8.79. The van der Waals surface area contributed by atoms with Gasteiger partial charge in [-0.2, -0.15) is 0 Å². The van der Waals surface area contributed by atoms with E-state index in [1.165, 1.54) is 29.2 Å². The summed E-state index contributed by atoms with van der Waals surface area (Å²) in [5, 5.41) is 6.29. The minimum atomic E-state index is -0.333. The number of rotatable bonds is 4. The van der Waals surface area contributed by atoms with Crippen LogP contribution < -0.4 is 15.5 Å². The molecule has 2 N–H and O–H groups in total. The molecule has 1 heterocycles. The summed E-state index contributed by atoms with van der Waals surface area (Å²) in [7, 11) is 1.65. The fourth-order valence-corrected chi connectivity index (χ4v) is 3.27. The molecular formula is C20H23F2N3O. The normalized spacial score (nSPS) is 19.8. The number of hydrogen-bond acceptors (Lipinski definition) is 2. The molecule has 0 aromatic heterocycles. The van der Waals surface area contributed by atoms with E-state index in [2.05, 4.69) is 10.6 Å². The number of piperidine rings is 1. The Kier molecular flexibility index (Phi) is 5.83. The van der Waals surface area contributed by atoms with Crippen LogP contribution in [0.25, 0.3) is 0 Å². The molecule has 2 aromatic carbocycles. The Labute approximate surface area is 152 Å². The molecule has 1 aliphatic heterocycles. The predicted molar refractivity (Wildman–Crippen MR) is 98.0 cm³/mol. The third-order valence-electron chi connectivity index (χ3n) is 4.77. The Hall–Kier alpha value is -2.47. The largest absolute Gasteiger partial charge is 0.322 e. The van der Waals surface area contributed by atoms with Gasteiger partial charge in [-0.25, -0.2) is 13.6 Å². The van der Waals surface area contributed by atoms with Gasteiger partial charge >= 0.3 is 6.03 Å². The number of nitrogens with one attached hydrogen (secondary N) is 2. The number of carbonyl (C=O) groups is 1. The molecule has 0 aliphatic carbocycles. The maximum Gasteiger partial charge on any atom is 0.322 e. The molecule has 26 heavy (non-hydrogen) atoms. The zero-order valence-corrected chi connectivity index (χ0v) is 14.7. The van der Waals surface area contributed by atoms with Crippen LogP contribution in [0.3, 0.4) is 0 Å². The van der Waals surface area contributed by atoms with Crippen molar-refractivity contribution in [2.24, 2.45) is 5.92 Å². The lowest BCUT2D eigenvalue weighted by Gasteiger charge is -2.32. The zero-order chi connectivity index (χ0) is 18.5. The fourth-order valence-electron chi connectivity index (χ4n) is 3.27. The maximum atomic E-state index is 13.0. The molecule has 0 bridgehead atoms. The SMILES string of the molecule is CN(C(=O)N[C@H]1C[C@@H](Cc2ccc(F)cc2)CCN1)c1ccc(F)cc1. The van der Waals surface area contributed by atoms with Crippen molar-refractivity contribution in [2.75, 3.05) is 18.5 Å². The van der Waals surface area contributed by atoms with Gasteiger partial charge in [-0.15, -0.1) is 0 Å². The highest BCUT2D eigenvalue weighted by atomic mass is 19.1. The summed E-state index contributed by atoms with van der Waals surface area (Å²) in [5.74, 6) is -0.142. The van der Waals surface area contributed by atoms with Gasteiger partial charge in [-0.3, -0.25) is 10.2 Å². The summed E-state index contributed by atoms with van der Waals surface area (Å²) in [6.07, 6.45) is 2.56. The molecule has 0 saturated carbocycles. The Morgan fingerprint density at radius 1 is 1.12 bits per heavy atom. The lowest BCUT2D eigenvalue weighted by Crippen LogP contribution is -2.53. The molecule has 1 aliphatic rings. The van der Waals surface area contributed by atoms with Gasteiger partial charge < -0.3 is 5.32 Å². The van der Waals surface area contributed by atoms with Crippen molar-refractivity contribution in [1.29, 1.82) is 0 Å². The Balaban J connectivity index is 1.54. The predicted octanol–water partition coefficient (Wildman–Crippen LogP) is 3.68. The van der Waals surface area contributed by atoms with E-state index in [4.69, 9.17) is 0 Å². The molecule has 2 amide bonds. The lowest BCUT2D eigenvalue weighted by atomic mass is 9.89. The second-order valence-corrected chi connectivity index (χ2v) is 6.71. The Morgan fingerprint density at radius 2 is 1.73 bits per heavy atom. The molecule has 2 aromatic rings. The van der Waals surface area contributed by atoms with E-state index < -0.39 is 0 Å². The molecule has 1 saturated heterocycles. The number of hydrogen-bond donors (Lipinski definition) is 2. The minimum absolute atomic E-state index is 0.121. The lowest BCUT2D eigenvalue weighted by molar-refractivity contribution is 0.226. The van der Waals surface area contributed by atoms with Crippen molar-refractivity contribution in [3.63, 3.8) is 0 Å². The average molecular weight is 359 g/mol. The Bertz CT molecular complexity index is 734. The summed E-state index contributed by atoms with van der Waals surface area (Å²) in [4.78, 5) is 13.9. The summed E-state index contributed by atoms with van der Waals surface area (Å²) in [6, 6.07) is 12.1. The van der Waals surface area contributed by atoms with E-state index in [9.17, 15) is 13.6 Å². The highest BCUT2D eigenvalue weighted by Gasteiger charge is 2.24. The minimum Gasteiger partial charge on any atom is -0.322 e. The molecular weight excluding hydrogens is 336 g/mol. The van der Waals surface area contributed by atoms with Crippen LogP contribution in [0.5, 0.6) is 0 Å². The van der Waals surface area contributed by atoms with Crippen molar-refractivity contribution in [3.05, 3.63) is 65.7 Å². The van der Waals surface area contributed by atoms with Crippen LogP contribution in [-0.4, -0.2) is 25.8 Å². The van der Waals surface area contributed by atoms with Crippen LogP contribution >= 0.6 is 0 Å². The summed E-state index contributed by atoms with van der Waals surface area (Å²) >= 11 is 0. The maximum absolute atomic E-state index is 13.0. The van der Waals surface area contributed by atoms with Crippen molar-refractivity contribution < 1.29 is 13.6 Å². The zero-order valence-electron chi connectivity index (χ0n) is 14.7. The molecule has 0 radical (unpaired) electrons. The van der Waals surface area contributed by atoms with E-state index in [0.29, 0.717) is 11.6 Å². The number of halogens is 2. The van der Waals surface area contributed by atoms with Crippen LogP contribution in [0, 0.1) is 17.6 Å². The van der Waals surface area contributed by atoms with E-state index in [1.807, 2.05) is 12.1 Å². The van der Waals surface area contributed by atoms with Crippen molar-refractivity contribution in [1.82, 2.24) is 10.6 Å². The number of anilines is 1. The van der Waals surface area contributed by atoms with Crippen molar-refractivity contribution in [3.8, 4) is 0 Å². The second kappa shape index (κ2) is 8.27. The van der Waals surface area contributed by atoms with Gasteiger partial charge in [0.05, 0.1) is 6.17 Å². The topological polar surface area (TPSA) is 44.4 Å². The van der Waals surface area contributed by atoms with E-state index >= 15 is 0 Å². The third-order valence-corrected chi connectivity index (χ3v) is 4.77. The quantitative estimate of drug-likeness (QED) is 0.875. The highest BCUT2D eigenvalue weighted by molar-refractivity contribution is 5.91. The first-order valence-corrected chi connectivity index (χ1v) is 8.79. The molecule has 3 rings (SSSR count). The summed E-state index contributed by atoms with van der Waals surface area (Å²) in [6.45, 7) is 0.817. The van der Waals surface area contributed by atoms with Crippen molar-refractivity contribution >= 4 is 11.7 Å². The van der Waals surface area contributed by atoms with Gasteiger partial charge in [-0.1, -0.05) is 12.1 Å². The second-order valence-electron chi connectivity index (χ2n) is 6.71. The molecule has 0 unspecified atom stereocenters. The highest BCUT2D eigenvalue weighted by Crippen LogP contribution is 2.21. The monoisotopic (exact) mass is 359 g/mol. The average Bonchev–Trinajstić information content (AvgIpc) is 2.64. The number of benzene rings is 2. The van der Waals surface area contributed by atoms with Gasteiger partial charge in [0.2, 0.25) is 0 Å². The van der Waals surface area contributed by atoms with Crippen LogP contribution in [-0.2, 0) is 6.42 Å². The van der Waals surface area contributed by atoms with E-state index in [0.717, 1.165) is 31.4 Å². The van der Waals surface area contributed by atoms with Gasteiger partial charge in [0.1, 0.15) is 11.6 Å². The van der Waals surface area contributed by atoms with Crippen LogP contribution in [0.2, 0.25) is 0 Å². The molecule has 2 atom stereocenters. The van der Waals surface area contributed by atoms with Gasteiger partial charge in [0, 0.05) is 12.7 Å². The van der Waals surface area contributed by atoms with Crippen LogP contribution in [0.1, 0.15) is 18.4 Å². The molecule has 6 heteroatoms. The first kappa shape index (κ1) is 18.3. The molecule has 0 spiro atoms. The van der Waals surface area contributed by atoms with Gasteiger partial charge in [0.15, 0.2) is 0 Å². The first-order chi connectivity index (χ1) is 12.5. The van der Waals surface area contributed by atoms with E-state index in [1.54, 1.807) is 19.2 Å². The fraction of sp³-hybridized carbons (Fsp3) is 0.350. The van der Waals surface area contributed by atoms with Crippen LogP contribution in [0.4, 0.5) is 19.3 Å². The summed E-state index contributed by atoms with van der Waals surface area (Å²) < 4.78 is 26.0. The smallest absolute Gasteiger partial charge is 0.322 e. The molecule has 4 nitrogen and oxygen atoms in total. The van der Waals surface area contributed by atoms with E-state index in [-0.39, 0.29) is 23.8 Å². The third kappa shape index (κ3) is 4.79. The summed E-state index contributed by atoms with van der Waals surface area (Å²) in [5.41, 5.74) is 1.73. The molecule has 138 valence electrons. The number of nitrogens with zero attached hydrogens (tertiary/aromatic N) is 1. The van der Waals surface area contributed by atoms with Crippen LogP contribution in [0.15, 0.2) is 48.5 Å². The standard InChI is InChI=1S/C20H23F2N3O/c1-25(18-8-6-17(22)7-9-18)20(26)24-19-13-15(10-11-23-19)12-14-2-4-16(21)5-3-14/h2-9,15,19,23H,10-13H2,1H3,(H,24,26)/t15-,19+/m1/s1. The van der Waals surface area contributed by atoms with Gasteiger partial charge in [-0.05, 0) is 73.7 Å².